The van der Waals surface area contributed by atoms with Crippen molar-refractivity contribution >= 4 is 27.6 Å². The van der Waals surface area contributed by atoms with Crippen molar-refractivity contribution in [2.24, 2.45) is 0 Å². The molecule has 0 spiro atoms. The van der Waals surface area contributed by atoms with Crippen molar-refractivity contribution < 1.29 is 4.79 Å². The molecule has 0 fully saturated rings. The molecule has 0 aliphatic rings. The van der Waals surface area contributed by atoms with Gasteiger partial charge >= 0.3 is 6.03 Å². The summed E-state index contributed by atoms with van der Waals surface area (Å²) in [4.78, 5) is 23.8. The van der Waals surface area contributed by atoms with Crippen LogP contribution in [0.3, 0.4) is 0 Å². The van der Waals surface area contributed by atoms with Gasteiger partial charge in [-0.15, -0.1) is 0 Å². The number of aromatic nitrogens is 2. The summed E-state index contributed by atoms with van der Waals surface area (Å²) in [7, 11) is 3.33. The number of nitrogens with zero attached hydrogens (tertiary/aromatic N) is 2. The van der Waals surface area contributed by atoms with Gasteiger partial charge in [0.2, 0.25) is 0 Å². The number of nitrogens with one attached hydrogen (secondary N) is 3. The molecule has 1 aromatic rings. The molecule has 0 saturated heterocycles. The van der Waals surface area contributed by atoms with Crippen LogP contribution in [-0.4, -0.2) is 48.3 Å². The summed E-state index contributed by atoms with van der Waals surface area (Å²) < 4.78 is 0.395. The van der Waals surface area contributed by atoms with Gasteiger partial charge in [0.1, 0.15) is 4.47 Å². The topological polar surface area (TPSA) is 90.1 Å². The lowest BCUT2D eigenvalue weighted by atomic mass is 10.4. The number of carbonyl (C=O) groups is 1. The van der Waals surface area contributed by atoms with E-state index in [4.69, 9.17) is 0 Å². The first-order valence-corrected chi connectivity index (χ1v) is 5.74. The lowest BCUT2D eigenvalue weighted by Gasteiger charge is -2.12. The Morgan fingerprint density at radius 2 is 2.24 bits per heavy atom. The van der Waals surface area contributed by atoms with Crippen LogP contribution >= 0.6 is 15.9 Å². The molecule has 17 heavy (non-hydrogen) atoms. The minimum atomic E-state index is -0.299. The number of hydrogen-bond acceptors (Lipinski definition) is 4. The summed E-state index contributed by atoms with van der Waals surface area (Å²) in [5, 5.41) is 11.6. The summed E-state index contributed by atoms with van der Waals surface area (Å²) >= 11 is 3.14. The van der Waals surface area contributed by atoms with Crippen molar-refractivity contribution in [3.63, 3.8) is 0 Å². The molecular formula is C9H14BrN5O2. The van der Waals surface area contributed by atoms with Gasteiger partial charge in [-0.1, -0.05) is 0 Å². The highest BCUT2D eigenvalue weighted by molar-refractivity contribution is 9.10. The molecular weight excluding hydrogens is 290 g/mol. The normalized spacial score (nSPS) is 9.82. The highest BCUT2D eigenvalue weighted by Gasteiger charge is 2.04. The molecule has 2 amide bonds. The number of hydrogen-bond donors (Lipinski definition) is 3. The number of halogens is 1. The molecule has 0 aromatic carbocycles. The van der Waals surface area contributed by atoms with Crippen molar-refractivity contribution in [2.45, 2.75) is 0 Å². The van der Waals surface area contributed by atoms with Gasteiger partial charge in [-0.25, -0.2) is 9.89 Å². The molecule has 0 radical (unpaired) electrons. The number of urea groups is 1. The van der Waals surface area contributed by atoms with Crippen LogP contribution in [0.25, 0.3) is 0 Å². The van der Waals surface area contributed by atoms with Gasteiger partial charge in [-0.3, -0.25) is 4.79 Å². The smallest absolute Gasteiger partial charge is 0.316 e. The van der Waals surface area contributed by atoms with E-state index in [-0.39, 0.29) is 11.6 Å². The Morgan fingerprint density at radius 3 is 2.88 bits per heavy atom. The zero-order chi connectivity index (χ0) is 12.8. The van der Waals surface area contributed by atoms with Crippen LogP contribution < -0.4 is 16.2 Å². The zero-order valence-electron chi connectivity index (χ0n) is 9.58. The van der Waals surface area contributed by atoms with E-state index < -0.39 is 0 Å². The lowest BCUT2D eigenvalue weighted by molar-refractivity contribution is 0.218. The average Bonchev–Trinajstić information content (AvgIpc) is 2.29. The van der Waals surface area contributed by atoms with E-state index in [2.05, 4.69) is 36.8 Å². The summed E-state index contributed by atoms with van der Waals surface area (Å²) in [6.07, 6.45) is 1.50. The van der Waals surface area contributed by atoms with E-state index in [1.165, 1.54) is 11.1 Å². The molecule has 1 heterocycles. The van der Waals surface area contributed by atoms with E-state index in [0.717, 1.165) is 0 Å². The first kappa shape index (κ1) is 13.5. The zero-order valence-corrected chi connectivity index (χ0v) is 11.2. The van der Waals surface area contributed by atoms with E-state index >= 15 is 0 Å². The molecule has 0 atom stereocenters. The van der Waals surface area contributed by atoms with Crippen molar-refractivity contribution in [3.05, 3.63) is 21.0 Å². The molecule has 0 aliphatic carbocycles. The van der Waals surface area contributed by atoms with Crippen molar-refractivity contribution in [1.29, 1.82) is 0 Å². The van der Waals surface area contributed by atoms with Gasteiger partial charge in [0.15, 0.2) is 0 Å². The molecule has 7 nitrogen and oxygen atoms in total. The summed E-state index contributed by atoms with van der Waals surface area (Å²) in [6.45, 7) is 0.958. The molecule has 3 N–H and O–H groups in total. The Hall–Kier alpha value is -1.57. The largest absolute Gasteiger partial charge is 0.381 e. The van der Waals surface area contributed by atoms with Crippen molar-refractivity contribution in [2.75, 3.05) is 32.5 Å². The summed E-state index contributed by atoms with van der Waals surface area (Å²) in [5.74, 6) is 0. The van der Waals surface area contributed by atoms with Crippen LogP contribution in [0.2, 0.25) is 0 Å². The number of aromatic amines is 1. The van der Waals surface area contributed by atoms with Gasteiger partial charge in [-0.05, 0) is 15.9 Å². The van der Waals surface area contributed by atoms with Gasteiger partial charge in [-0.2, -0.15) is 5.10 Å². The molecule has 0 saturated carbocycles. The minimum absolute atomic E-state index is 0.158. The predicted octanol–water partition coefficient (Wildman–Crippen LogP) is 0.215. The number of anilines is 1. The van der Waals surface area contributed by atoms with Gasteiger partial charge in [0.25, 0.3) is 5.56 Å². The maximum Gasteiger partial charge on any atom is 0.316 e. The first-order chi connectivity index (χ1) is 8.02. The maximum absolute atomic E-state index is 11.2. The first-order valence-electron chi connectivity index (χ1n) is 4.94. The highest BCUT2D eigenvalue weighted by atomic mass is 79.9. The van der Waals surface area contributed by atoms with Gasteiger partial charge < -0.3 is 15.5 Å². The third kappa shape index (κ3) is 4.06. The third-order valence-electron chi connectivity index (χ3n) is 1.92. The van der Waals surface area contributed by atoms with Crippen molar-refractivity contribution in [1.82, 2.24) is 20.4 Å². The maximum atomic E-state index is 11.2. The van der Waals surface area contributed by atoms with E-state index in [0.29, 0.717) is 23.2 Å². The van der Waals surface area contributed by atoms with Gasteiger partial charge in [0.05, 0.1) is 11.9 Å². The third-order valence-corrected chi connectivity index (χ3v) is 2.71. The SMILES string of the molecule is CN(C)C(=O)NCCNc1cn[nH]c(=O)c1Br. The number of rotatable bonds is 4. The molecule has 94 valence electrons. The highest BCUT2D eigenvalue weighted by Crippen LogP contribution is 2.14. The monoisotopic (exact) mass is 303 g/mol. The fourth-order valence-electron chi connectivity index (χ4n) is 1.03. The lowest BCUT2D eigenvalue weighted by Crippen LogP contribution is -2.37. The Balaban J connectivity index is 2.39. The quantitative estimate of drug-likeness (QED) is 0.694. The Bertz CT molecular complexity index is 445. The fourth-order valence-corrected chi connectivity index (χ4v) is 1.36. The Labute approximate surface area is 107 Å². The van der Waals surface area contributed by atoms with Crippen LogP contribution in [0.1, 0.15) is 0 Å². The minimum Gasteiger partial charge on any atom is -0.381 e. The second-order valence-corrected chi connectivity index (χ2v) is 4.27. The number of amides is 2. The second-order valence-electron chi connectivity index (χ2n) is 3.48. The number of H-pyrrole nitrogens is 1. The fraction of sp³-hybridized carbons (Fsp3) is 0.444. The van der Waals surface area contributed by atoms with E-state index in [1.54, 1.807) is 14.1 Å². The Kier molecular flexibility index (Phi) is 4.95. The van der Waals surface area contributed by atoms with Crippen LogP contribution in [-0.2, 0) is 0 Å². The standard InChI is InChI=1S/C9H14BrN5O2/c1-15(2)9(17)12-4-3-11-6-5-13-14-8(16)7(6)10/h5H,3-4H2,1-2H3,(H,12,17)(H2,11,14,16). The van der Waals surface area contributed by atoms with Crippen LogP contribution in [0.5, 0.6) is 0 Å². The van der Waals surface area contributed by atoms with Crippen LogP contribution in [0.15, 0.2) is 15.5 Å². The molecule has 1 rings (SSSR count). The van der Waals surface area contributed by atoms with Crippen LogP contribution in [0.4, 0.5) is 10.5 Å². The molecule has 8 heteroatoms. The van der Waals surface area contributed by atoms with E-state index in [9.17, 15) is 9.59 Å². The second kappa shape index (κ2) is 6.24. The summed E-state index contributed by atoms with van der Waals surface area (Å²) in [5.41, 5.74) is 0.292. The predicted molar refractivity (Wildman–Crippen MR) is 68.1 cm³/mol. The van der Waals surface area contributed by atoms with Crippen molar-refractivity contribution in [3.8, 4) is 0 Å². The summed E-state index contributed by atoms with van der Waals surface area (Å²) in [6, 6.07) is -0.158. The number of carbonyl (C=O) groups excluding carboxylic acids is 1. The van der Waals surface area contributed by atoms with Gasteiger partial charge in [0, 0.05) is 27.2 Å². The molecule has 0 aliphatic heterocycles. The Morgan fingerprint density at radius 1 is 1.53 bits per heavy atom. The van der Waals surface area contributed by atoms with Crippen LogP contribution in [0, 0.1) is 0 Å². The molecule has 1 aromatic heterocycles. The van der Waals surface area contributed by atoms with E-state index in [1.807, 2.05) is 0 Å². The average molecular weight is 304 g/mol. The molecule has 0 bridgehead atoms. The molecule has 0 unspecified atom stereocenters.